The molecule has 0 saturated carbocycles. The molecular weight excluding hydrogens is 161 g/mol. The number of amidine groups is 1. The average Bonchev–Trinajstić information content (AvgIpc) is 1.95. The van der Waals surface area contributed by atoms with E-state index in [9.17, 15) is 0 Å². The number of azo groups is 1. The van der Waals surface area contributed by atoms with Gasteiger partial charge < -0.3 is 0 Å². The Morgan fingerprint density at radius 2 is 1.85 bits per heavy atom. The molecule has 0 aromatic carbocycles. The number of aliphatic imine (C=N–C) groups is 1. The van der Waals surface area contributed by atoms with Crippen molar-refractivity contribution in [1.82, 2.24) is 0 Å². The Hall–Kier alpha value is -1.19. The molecule has 0 rings (SSSR count). The van der Waals surface area contributed by atoms with Crippen molar-refractivity contribution in [3.05, 3.63) is 25.0 Å². The van der Waals surface area contributed by atoms with E-state index in [-0.39, 0.29) is 5.41 Å². The zero-order valence-electron chi connectivity index (χ0n) is 8.83. The third kappa shape index (κ3) is 5.12. The first-order valence-corrected chi connectivity index (χ1v) is 4.14. The molecular formula is C9H16BN3. The Labute approximate surface area is 80.8 Å². The summed E-state index contributed by atoms with van der Waals surface area (Å²) in [5.74, 6) is 0.658. The molecule has 0 aliphatic heterocycles. The van der Waals surface area contributed by atoms with Crippen LogP contribution in [0.1, 0.15) is 20.8 Å². The van der Waals surface area contributed by atoms with Gasteiger partial charge in [-0.15, -0.1) is 5.11 Å². The van der Waals surface area contributed by atoms with Gasteiger partial charge in [-0.1, -0.05) is 33.9 Å². The molecule has 0 aliphatic carbocycles. The maximum Gasteiger partial charge on any atom is 0.165 e. The van der Waals surface area contributed by atoms with Gasteiger partial charge in [-0.3, -0.25) is 0 Å². The molecule has 4 heteroatoms. The summed E-state index contributed by atoms with van der Waals surface area (Å²) >= 11 is 0. The SMILES string of the molecule is BC(=C)/N=N\C(=N/C=C)C(C)(C)C. The monoisotopic (exact) mass is 177 g/mol. The highest BCUT2D eigenvalue weighted by Gasteiger charge is 2.18. The van der Waals surface area contributed by atoms with E-state index in [1.54, 1.807) is 7.85 Å². The van der Waals surface area contributed by atoms with Crippen molar-refractivity contribution in [1.29, 1.82) is 0 Å². The highest BCUT2D eigenvalue weighted by Crippen LogP contribution is 2.17. The van der Waals surface area contributed by atoms with Crippen molar-refractivity contribution >= 4 is 13.7 Å². The van der Waals surface area contributed by atoms with E-state index in [1.165, 1.54) is 6.20 Å². The van der Waals surface area contributed by atoms with Crippen LogP contribution in [0.5, 0.6) is 0 Å². The maximum atomic E-state index is 4.05. The van der Waals surface area contributed by atoms with Crippen LogP contribution in [0.4, 0.5) is 0 Å². The van der Waals surface area contributed by atoms with E-state index in [4.69, 9.17) is 0 Å². The number of hydrogen-bond acceptors (Lipinski definition) is 2. The summed E-state index contributed by atoms with van der Waals surface area (Å²) in [4.78, 5) is 4.05. The van der Waals surface area contributed by atoms with Crippen LogP contribution in [-0.4, -0.2) is 13.7 Å². The third-order valence-corrected chi connectivity index (χ3v) is 1.20. The first-order valence-electron chi connectivity index (χ1n) is 4.14. The molecule has 0 fully saturated rings. The van der Waals surface area contributed by atoms with E-state index in [0.29, 0.717) is 11.4 Å². The van der Waals surface area contributed by atoms with Gasteiger partial charge in [0.1, 0.15) is 0 Å². The van der Waals surface area contributed by atoms with Crippen LogP contribution in [0.15, 0.2) is 40.2 Å². The van der Waals surface area contributed by atoms with Crippen molar-refractivity contribution < 1.29 is 0 Å². The Morgan fingerprint density at radius 1 is 1.31 bits per heavy atom. The molecule has 0 amide bonds. The zero-order valence-corrected chi connectivity index (χ0v) is 8.83. The van der Waals surface area contributed by atoms with Gasteiger partial charge in [0.15, 0.2) is 13.7 Å². The highest BCUT2D eigenvalue weighted by molar-refractivity contribution is 6.20. The Morgan fingerprint density at radius 3 is 2.15 bits per heavy atom. The molecule has 13 heavy (non-hydrogen) atoms. The van der Waals surface area contributed by atoms with E-state index in [0.717, 1.165) is 0 Å². The van der Waals surface area contributed by atoms with Crippen molar-refractivity contribution in [2.75, 3.05) is 0 Å². The van der Waals surface area contributed by atoms with E-state index in [2.05, 4.69) is 28.4 Å². The van der Waals surface area contributed by atoms with Gasteiger partial charge in [-0.25, -0.2) is 4.99 Å². The van der Waals surface area contributed by atoms with Crippen molar-refractivity contribution in [2.24, 2.45) is 20.6 Å². The lowest BCUT2D eigenvalue weighted by Crippen LogP contribution is -2.17. The molecule has 70 valence electrons. The summed E-state index contributed by atoms with van der Waals surface area (Å²) in [5.41, 5.74) is 0.550. The minimum absolute atomic E-state index is 0.118. The molecule has 0 bridgehead atoms. The van der Waals surface area contributed by atoms with Crippen LogP contribution in [0.3, 0.4) is 0 Å². The average molecular weight is 177 g/mol. The largest absolute Gasteiger partial charge is 0.240 e. The van der Waals surface area contributed by atoms with Gasteiger partial charge in [0, 0.05) is 17.2 Å². The zero-order chi connectivity index (χ0) is 10.5. The summed E-state index contributed by atoms with van der Waals surface area (Å²) in [7, 11) is 1.79. The van der Waals surface area contributed by atoms with Crippen LogP contribution < -0.4 is 0 Å². The van der Waals surface area contributed by atoms with Crippen molar-refractivity contribution in [3.8, 4) is 0 Å². The molecule has 0 aromatic rings. The van der Waals surface area contributed by atoms with Crippen molar-refractivity contribution in [2.45, 2.75) is 20.8 Å². The Balaban J connectivity index is 4.75. The fourth-order valence-electron chi connectivity index (χ4n) is 0.589. The summed E-state index contributed by atoms with van der Waals surface area (Å²) in [6.45, 7) is 13.2. The molecule has 0 aliphatic rings. The quantitative estimate of drug-likeness (QED) is 0.268. The predicted molar refractivity (Wildman–Crippen MR) is 59.6 cm³/mol. The van der Waals surface area contributed by atoms with Crippen LogP contribution >= 0.6 is 0 Å². The topological polar surface area (TPSA) is 37.1 Å². The molecule has 0 saturated heterocycles. The van der Waals surface area contributed by atoms with Crippen molar-refractivity contribution in [3.63, 3.8) is 0 Å². The Kier molecular flexibility index (Phi) is 4.31. The summed E-state index contributed by atoms with van der Waals surface area (Å²) in [6.07, 6.45) is 1.47. The van der Waals surface area contributed by atoms with Gasteiger partial charge in [-0.2, -0.15) is 5.11 Å². The summed E-state index contributed by atoms with van der Waals surface area (Å²) < 4.78 is 0. The normalized spacial score (nSPS) is 13.3. The molecule has 3 nitrogen and oxygen atoms in total. The Bertz CT molecular complexity index is 259. The first-order chi connectivity index (χ1) is 5.88. The molecule has 0 atom stereocenters. The third-order valence-electron chi connectivity index (χ3n) is 1.20. The lowest BCUT2D eigenvalue weighted by Gasteiger charge is -2.15. The van der Waals surface area contributed by atoms with E-state index >= 15 is 0 Å². The van der Waals surface area contributed by atoms with Crippen LogP contribution in [-0.2, 0) is 0 Å². The summed E-state index contributed by atoms with van der Waals surface area (Å²) in [5, 5.41) is 7.85. The lowest BCUT2D eigenvalue weighted by molar-refractivity contribution is 0.582. The van der Waals surface area contributed by atoms with Gasteiger partial charge in [0.2, 0.25) is 0 Å². The minimum Gasteiger partial charge on any atom is -0.240 e. The second kappa shape index (κ2) is 4.75. The molecule has 0 radical (unpaired) electrons. The fourth-order valence-corrected chi connectivity index (χ4v) is 0.589. The molecule has 0 unspecified atom stereocenters. The van der Waals surface area contributed by atoms with Gasteiger partial charge >= 0.3 is 0 Å². The minimum atomic E-state index is -0.118. The number of hydrogen-bond donors (Lipinski definition) is 0. The molecule has 0 N–H and O–H groups in total. The van der Waals surface area contributed by atoms with Gasteiger partial charge in [0.05, 0.1) is 0 Å². The fraction of sp³-hybridized carbons (Fsp3) is 0.444. The maximum absolute atomic E-state index is 4.05. The van der Waals surface area contributed by atoms with E-state index < -0.39 is 0 Å². The van der Waals surface area contributed by atoms with E-state index in [1.807, 2.05) is 20.8 Å². The van der Waals surface area contributed by atoms with Crippen LogP contribution in [0, 0.1) is 5.41 Å². The first kappa shape index (κ1) is 11.8. The number of nitrogens with zero attached hydrogens (tertiary/aromatic N) is 3. The summed E-state index contributed by atoms with van der Waals surface area (Å²) in [6, 6.07) is 0. The predicted octanol–water partition coefficient (Wildman–Crippen LogP) is 2.13. The molecule has 0 heterocycles. The smallest absolute Gasteiger partial charge is 0.165 e. The molecule has 0 aromatic heterocycles. The standard InChI is InChI=1S/C9H16BN3/c1-6-11-8(9(3,4)5)13-12-7(2)10/h6H,1-2,10H2,3-5H3/b11-8-,13-12-. The highest BCUT2D eigenvalue weighted by atomic mass is 15.1. The molecule has 0 spiro atoms. The second-order valence-electron chi connectivity index (χ2n) is 3.82. The van der Waals surface area contributed by atoms with Gasteiger partial charge in [-0.05, 0) is 0 Å². The lowest BCUT2D eigenvalue weighted by atomic mass is 9.95. The number of rotatable bonds is 2. The van der Waals surface area contributed by atoms with Crippen LogP contribution in [0.25, 0.3) is 0 Å². The second-order valence-corrected chi connectivity index (χ2v) is 3.82. The van der Waals surface area contributed by atoms with Gasteiger partial charge in [0.25, 0.3) is 0 Å². The van der Waals surface area contributed by atoms with Crippen LogP contribution in [0.2, 0.25) is 0 Å².